The second-order valence-corrected chi connectivity index (χ2v) is 10.8. The quantitative estimate of drug-likeness (QED) is 0.0749. The zero-order valence-electron chi connectivity index (χ0n) is 24.7. The molecule has 0 spiro atoms. The van der Waals surface area contributed by atoms with E-state index in [-0.39, 0.29) is 23.7 Å². The van der Waals surface area contributed by atoms with Crippen LogP contribution in [0.15, 0.2) is 84.9 Å². The van der Waals surface area contributed by atoms with Crippen LogP contribution in [0.1, 0.15) is 71.7 Å². The van der Waals surface area contributed by atoms with Crippen molar-refractivity contribution in [2.24, 2.45) is 0 Å². The Balaban J connectivity index is 1.19. The van der Waals surface area contributed by atoms with Gasteiger partial charge in [-0.15, -0.1) is 0 Å². The maximum absolute atomic E-state index is 13.2. The Labute approximate surface area is 254 Å². The Bertz CT molecular complexity index is 1420. The van der Waals surface area contributed by atoms with E-state index in [0.717, 1.165) is 75.5 Å². The number of hydrogen-bond donors (Lipinski definition) is 4. The van der Waals surface area contributed by atoms with Crippen molar-refractivity contribution in [2.75, 3.05) is 26.3 Å². The number of benzene rings is 4. The summed E-state index contributed by atoms with van der Waals surface area (Å²) in [5, 5.41) is 35.2. The normalized spacial score (nSPS) is 11.9. The van der Waals surface area contributed by atoms with Gasteiger partial charge in [-0.3, -0.25) is 0 Å². The highest BCUT2D eigenvalue weighted by Crippen LogP contribution is 2.29. The third-order valence-electron chi connectivity index (χ3n) is 7.55. The zero-order chi connectivity index (χ0) is 30.3. The predicted molar refractivity (Wildman–Crippen MR) is 169 cm³/mol. The van der Waals surface area contributed by atoms with Crippen LogP contribution >= 0.6 is 0 Å². The first-order chi connectivity index (χ1) is 21.0. The first kappa shape index (κ1) is 32.0. The highest BCUT2D eigenvalue weighted by Gasteiger charge is 2.22. The van der Waals surface area contributed by atoms with Gasteiger partial charge in [-0.25, -0.2) is 4.79 Å². The van der Waals surface area contributed by atoms with Crippen molar-refractivity contribution in [2.45, 2.75) is 57.7 Å². The molecule has 1 atom stereocenters. The molecule has 0 aliphatic rings. The average Bonchev–Trinajstić information content (AvgIpc) is 3.03. The van der Waals surface area contributed by atoms with Gasteiger partial charge in [0.2, 0.25) is 0 Å². The third kappa shape index (κ3) is 10.1. The summed E-state index contributed by atoms with van der Waals surface area (Å²) >= 11 is 0. The molecule has 0 aliphatic heterocycles. The lowest BCUT2D eigenvalue weighted by molar-refractivity contribution is 0.0294. The van der Waals surface area contributed by atoms with Crippen molar-refractivity contribution in [1.82, 2.24) is 5.32 Å². The van der Waals surface area contributed by atoms with Crippen molar-refractivity contribution in [3.63, 3.8) is 0 Å². The number of hydrogen-bond acceptors (Lipinski definition) is 7. The Hall–Kier alpha value is -3.91. The minimum absolute atomic E-state index is 0.0207. The summed E-state index contributed by atoms with van der Waals surface area (Å²) < 4.78 is 11.7. The number of aliphatic hydroxyl groups excluding tert-OH is 1. The molecular formula is C36H43NO6. The molecule has 7 nitrogen and oxygen atoms in total. The van der Waals surface area contributed by atoms with Crippen LogP contribution < -0.4 is 5.32 Å². The van der Waals surface area contributed by atoms with Crippen molar-refractivity contribution < 1.29 is 29.6 Å². The molecule has 228 valence electrons. The molecule has 0 saturated carbocycles. The van der Waals surface area contributed by atoms with Crippen molar-refractivity contribution in [1.29, 1.82) is 0 Å². The van der Waals surface area contributed by atoms with Gasteiger partial charge in [0.15, 0.2) is 0 Å². The second kappa shape index (κ2) is 17.3. The number of aryl methyl sites for hydroxylation is 1. The van der Waals surface area contributed by atoms with Gasteiger partial charge in [-0.05, 0) is 84.8 Å². The molecule has 0 bridgehead atoms. The fourth-order valence-corrected chi connectivity index (χ4v) is 5.07. The van der Waals surface area contributed by atoms with Crippen LogP contribution in [0, 0.1) is 0 Å². The molecule has 0 aliphatic carbocycles. The van der Waals surface area contributed by atoms with Gasteiger partial charge < -0.3 is 30.1 Å². The molecule has 0 saturated heterocycles. The van der Waals surface area contributed by atoms with Gasteiger partial charge in [0.1, 0.15) is 23.2 Å². The summed E-state index contributed by atoms with van der Waals surface area (Å²) in [6.45, 7) is 2.35. The molecular weight excluding hydrogens is 542 g/mol. The molecule has 4 aromatic carbocycles. The number of aromatic hydroxyl groups is 2. The van der Waals surface area contributed by atoms with Crippen LogP contribution in [0.25, 0.3) is 10.8 Å². The number of phenols is 2. The first-order valence-electron chi connectivity index (χ1n) is 15.2. The number of aliphatic hydroxyl groups is 1. The van der Waals surface area contributed by atoms with Crippen molar-refractivity contribution in [3.8, 4) is 11.5 Å². The summed E-state index contributed by atoms with van der Waals surface area (Å²) in [7, 11) is 0. The number of nitrogens with one attached hydrogen (secondary N) is 1. The molecule has 1 unspecified atom stereocenters. The van der Waals surface area contributed by atoms with Crippen LogP contribution in [0.2, 0.25) is 0 Å². The molecule has 0 fully saturated rings. The molecule has 43 heavy (non-hydrogen) atoms. The number of fused-ring (bicyclic) bond motifs is 1. The second-order valence-electron chi connectivity index (χ2n) is 10.8. The maximum atomic E-state index is 13.2. The summed E-state index contributed by atoms with van der Waals surface area (Å²) in [4.78, 5) is 13.2. The van der Waals surface area contributed by atoms with E-state index in [1.165, 1.54) is 11.6 Å². The fraction of sp³-hybridized carbons (Fsp3) is 0.361. The zero-order valence-corrected chi connectivity index (χ0v) is 24.7. The molecule has 4 aromatic rings. The monoisotopic (exact) mass is 585 g/mol. The number of esters is 1. The minimum Gasteiger partial charge on any atom is -0.508 e. The molecule has 0 radical (unpaired) electrons. The van der Waals surface area contributed by atoms with E-state index in [9.17, 15) is 20.1 Å². The maximum Gasteiger partial charge on any atom is 0.342 e. The van der Waals surface area contributed by atoms with Crippen LogP contribution in [0.4, 0.5) is 0 Å². The smallest absolute Gasteiger partial charge is 0.342 e. The summed E-state index contributed by atoms with van der Waals surface area (Å²) in [6, 6.07) is 26.0. The van der Waals surface area contributed by atoms with Gasteiger partial charge in [0.05, 0.1) is 6.61 Å². The van der Waals surface area contributed by atoms with Gasteiger partial charge in [0.25, 0.3) is 0 Å². The molecule has 0 heterocycles. The predicted octanol–water partition coefficient (Wildman–Crippen LogP) is 6.83. The van der Waals surface area contributed by atoms with E-state index in [1.54, 1.807) is 24.3 Å². The van der Waals surface area contributed by atoms with E-state index >= 15 is 0 Å². The van der Waals surface area contributed by atoms with Gasteiger partial charge >= 0.3 is 5.97 Å². The van der Waals surface area contributed by atoms with Gasteiger partial charge in [-0.2, -0.15) is 0 Å². The van der Waals surface area contributed by atoms with Crippen LogP contribution in [-0.4, -0.2) is 47.6 Å². The average molecular weight is 586 g/mol. The van der Waals surface area contributed by atoms with Crippen LogP contribution in [0.3, 0.4) is 0 Å². The van der Waals surface area contributed by atoms with Crippen molar-refractivity contribution in [3.05, 3.63) is 107 Å². The minimum atomic E-state index is -0.681. The number of carbonyl (C=O) groups is 1. The SMILES string of the molecule is O=C(OC(CNCCCCCCOCCCCc1ccccc1)c1ccc(O)c(CO)c1)c1cc2ccccc2cc1O. The number of carbonyl (C=O) groups excluding carboxylic acids is 1. The number of ether oxygens (including phenoxy) is 2. The van der Waals surface area contributed by atoms with Crippen LogP contribution in [0.5, 0.6) is 11.5 Å². The topological polar surface area (TPSA) is 108 Å². The molecule has 7 heteroatoms. The summed E-state index contributed by atoms with van der Waals surface area (Å²) in [5.41, 5.74) is 2.46. The fourth-order valence-electron chi connectivity index (χ4n) is 5.07. The van der Waals surface area contributed by atoms with E-state index in [1.807, 2.05) is 30.3 Å². The van der Waals surface area contributed by atoms with E-state index < -0.39 is 12.1 Å². The first-order valence-corrected chi connectivity index (χ1v) is 15.2. The summed E-state index contributed by atoms with van der Waals surface area (Å²) in [6.07, 6.45) is 6.79. The number of phenolic OH excluding ortho intramolecular Hbond substituents is 1. The molecule has 0 aromatic heterocycles. The Morgan fingerprint density at radius 2 is 1.44 bits per heavy atom. The lowest BCUT2D eigenvalue weighted by Crippen LogP contribution is -2.26. The highest BCUT2D eigenvalue weighted by atomic mass is 16.5. The highest BCUT2D eigenvalue weighted by molar-refractivity contribution is 5.98. The Morgan fingerprint density at radius 1 is 0.744 bits per heavy atom. The van der Waals surface area contributed by atoms with Crippen molar-refractivity contribution >= 4 is 16.7 Å². The standard InChI is InChI=1S/C36H43NO6/c38-26-31-22-30(17-18-33(31)39)35(43-36(41)32-23-28-15-6-7-16-29(28)24-34(32)40)25-37-19-9-1-2-10-20-42-21-11-8-14-27-12-4-3-5-13-27/h3-7,12-13,15-18,22-24,35,37-40H,1-2,8-11,14,19-21,25-26H2. The van der Waals surface area contributed by atoms with E-state index in [2.05, 4.69) is 29.6 Å². The molecule has 0 amide bonds. The largest absolute Gasteiger partial charge is 0.508 e. The van der Waals surface area contributed by atoms with E-state index in [0.29, 0.717) is 17.7 Å². The molecule has 4 N–H and O–H groups in total. The lowest BCUT2D eigenvalue weighted by Gasteiger charge is -2.20. The summed E-state index contributed by atoms with van der Waals surface area (Å²) in [5.74, 6) is -0.810. The Kier molecular flexibility index (Phi) is 12.9. The lowest BCUT2D eigenvalue weighted by atomic mass is 10.0. The number of rotatable bonds is 18. The molecule has 4 rings (SSSR count). The Morgan fingerprint density at radius 3 is 2.21 bits per heavy atom. The van der Waals surface area contributed by atoms with Gasteiger partial charge in [0, 0.05) is 25.3 Å². The van der Waals surface area contributed by atoms with E-state index in [4.69, 9.17) is 9.47 Å². The van der Waals surface area contributed by atoms with Gasteiger partial charge in [-0.1, -0.05) is 73.5 Å². The third-order valence-corrected chi connectivity index (χ3v) is 7.55. The van der Waals surface area contributed by atoms with Crippen LogP contribution in [-0.2, 0) is 22.5 Å². The number of unbranched alkanes of at least 4 members (excludes halogenated alkanes) is 4.